The number of likely N-dealkylation sites (tertiary alicyclic amines) is 1. The fraction of sp³-hybridized carbons (Fsp3) is 0.636. The van der Waals surface area contributed by atoms with E-state index < -0.39 is 0 Å². The molecule has 1 heterocycles. The number of nitrogens with one attached hydrogen (secondary N) is 1. The van der Waals surface area contributed by atoms with Crippen molar-refractivity contribution in [2.45, 2.75) is 46.0 Å². The molecule has 1 fully saturated rings. The van der Waals surface area contributed by atoms with Crippen LogP contribution in [-0.2, 0) is 16.0 Å². The molecule has 0 radical (unpaired) electrons. The second-order valence-electron chi connectivity index (χ2n) is 7.34. The first-order valence-electron chi connectivity index (χ1n) is 10.3. The Morgan fingerprint density at radius 1 is 1.11 bits per heavy atom. The standard InChI is InChI=1S/C22H34N2O4/c1-5-17(6-2)22(26)24-13-10-18(11-14-24)21(25)23-12-9-16-7-8-19(27-3)20(15-16)28-4/h7-8,15,17-18H,5-6,9-14H2,1-4H3,(H,23,25). The molecule has 0 aliphatic carbocycles. The molecule has 0 spiro atoms. The second kappa shape index (κ2) is 10.9. The number of amides is 2. The molecule has 1 N–H and O–H groups in total. The highest BCUT2D eigenvalue weighted by atomic mass is 16.5. The molecule has 156 valence electrons. The van der Waals surface area contributed by atoms with E-state index in [1.165, 1.54) is 0 Å². The van der Waals surface area contributed by atoms with Crippen molar-refractivity contribution in [1.29, 1.82) is 0 Å². The minimum absolute atomic E-state index is 0.00356. The number of benzene rings is 1. The van der Waals surface area contributed by atoms with Crippen LogP contribution in [0.25, 0.3) is 0 Å². The monoisotopic (exact) mass is 390 g/mol. The Kier molecular flexibility index (Phi) is 8.61. The molecular weight excluding hydrogens is 356 g/mol. The molecule has 28 heavy (non-hydrogen) atoms. The third kappa shape index (κ3) is 5.63. The predicted octanol–water partition coefficient (Wildman–Crippen LogP) is 3.04. The largest absolute Gasteiger partial charge is 0.493 e. The Labute approximate surface area is 168 Å². The first-order chi connectivity index (χ1) is 13.5. The lowest BCUT2D eigenvalue weighted by Crippen LogP contribution is -2.45. The minimum atomic E-state index is -0.00356. The number of carbonyl (C=O) groups is 2. The third-order valence-corrected chi connectivity index (χ3v) is 5.67. The summed E-state index contributed by atoms with van der Waals surface area (Å²) >= 11 is 0. The third-order valence-electron chi connectivity index (χ3n) is 5.67. The van der Waals surface area contributed by atoms with Gasteiger partial charge in [0.05, 0.1) is 14.2 Å². The van der Waals surface area contributed by atoms with Crippen molar-refractivity contribution in [1.82, 2.24) is 10.2 Å². The Morgan fingerprint density at radius 2 is 1.75 bits per heavy atom. The van der Waals surface area contributed by atoms with Crippen LogP contribution in [0.5, 0.6) is 11.5 Å². The van der Waals surface area contributed by atoms with Gasteiger partial charge in [0.1, 0.15) is 0 Å². The molecule has 1 saturated heterocycles. The minimum Gasteiger partial charge on any atom is -0.493 e. The summed E-state index contributed by atoms with van der Waals surface area (Å²) in [6, 6.07) is 5.80. The van der Waals surface area contributed by atoms with Gasteiger partial charge in [-0.15, -0.1) is 0 Å². The highest BCUT2D eigenvalue weighted by molar-refractivity contribution is 5.81. The van der Waals surface area contributed by atoms with Crippen LogP contribution in [0, 0.1) is 11.8 Å². The average molecular weight is 391 g/mol. The molecule has 0 aromatic heterocycles. The number of hydrogen-bond acceptors (Lipinski definition) is 4. The van der Waals surface area contributed by atoms with Crippen LogP contribution in [0.15, 0.2) is 18.2 Å². The van der Waals surface area contributed by atoms with E-state index in [1.54, 1.807) is 14.2 Å². The van der Waals surface area contributed by atoms with Gasteiger partial charge in [-0.2, -0.15) is 0 Å². The van der Waals surface area contributed by atoms with E-state index in [1.807, 2.05) is 23.1 Å². The van der Waals surface area contributed by atoms with E-state index in [0.717, 1.165) is 37.7 Å². The molecule has 6 heteroatoms. The smallest absolute Gasteiger partial charge is 0.225 e. The van der Waals surface area contributed by atoms with Crippen molar-refractivity contribution in [2.75, 3.05) is 33.9 Å². The zero-order chi connectivity index (χ0) is 20.5. The second-order valence-corrected chi connectivity index (χ2v) is 7.34. The summed E-state index contributed by atoms with van der Waals surface area (Å²) in [4.78, 5) is 26.9. The molecule has 1 aliphatic heterocycles. The van der Waals surface area contributed by atoms with Gasteiger partial charge in [0.2, 0.25) is 11.8 Å². The van der Waals surface area contributed by atoms with Crippen LogP contribution in [0.3, 0.4) is 0 Å². The molecule has 6 nitrogen and oxygen atoms in total. The molecule has 2 rings (SSSR count). The summed E-state index contributed by atoms with van der Waals surface area (Å²) in [5.74, 6) is 1.85. The Bertz CT molecular complexity index is 650. The highest BCUT2D eigenvalue weighted by Crippen LogP contribution is 2.27. The van der Waals surface area contributed by atoms with Crippen LogP contribution in [0.2, 0.25) is 0 Å². The normalized spacial score (nSPS) is 14.8. The Morgan fingerprint density at radius 3 is 2.32 bits per heavy atom. The molecule has 0 bridgehead atoms. The highest BCUT2D eigenvalue weighted by Gasteiger charge is 2.29. The number of methoxy groups -OCH3 is 2. The van der Waals surface area contributed by atoms with E-state index in [2.05, 4.69) is 19.2 Å². The van der Waals surface area contributed by atoms with Crippen molar-refractivity contribution in [3.05, 3.63) is 23.8 Å². The maximum atomic E-state index is 12.5. The SMILES string of the molecule is CCC(CC)C(=O)N1CCC(C(=O)NCCc2ccc(OC)c(OC)c2)CC1. The van der Waals surface area contributed by atoms with Crippen LogP contribution in [0.1, 0.15) is 45.1 Å². The van der Waals surface area contributed by atoms with Gasteiger partial charge < -0.3 is 19.7 Å². The van der Waals surface area contributed by atoms with Gasteiger partial charge in [-0.3, -0.25) is 9.59 Å². The maximum absolute atomic E-state index is 12.5. The predicted molar refractivity (Wildman–Crippen MR) is 110 cm³/mol. The van der Waals surface area contributed by atoms with Crippen LogP contribution in [-0.4, -0.2) is 50.6 Å². The Balaban J connectivity index is 1.77. The van der Waals surface area contributed by atoms with Crippen LogP contribution < -0.4 is 14.8 Å². The lowest BCUT2D eigenvalue weighted by atomic mass is 9.93. The van der Waals surface area contributed by atoms with E-state index in [4.69, 9.17) is 9.47 Å². The zero-order valence-electron chi connectivity index (χ0n) is 17.6. The van der Waals surface area contributed by atoms with Gasteiger partial charge in [0.15, 0.2) is 11.5 Å². The molecule has 0 unspecified atom stereocenters. The number of hydrogen-bond donors (Lipinski definition) is 1. The lowest BCUT2D eigenvalue weighted by molar-refractivity contribution is -0.139. The summed E-state index contributed by atoms with van der Waals surface area (Å²) in [5.41, 5.74) is 1.09. The quantitative estimate of drug-likeness (QED) is 0.704. The van der Waals surface area contributed by atoms with Gasteiger partial charge in [-0.1, -0.05) is 19.9 Å². The summed E-state index contributed by atoms with van der Waals surface area (Å²) in [5, 5.41) is 3.04. The lowest BCUT2D eigenvalue weighted by Gasteiger charge is -2.33. The number of carbonyl (C=O) groups excluding carboxylic acids is 2. The van der Waals surface area contributed by atoms with Crippen molar-refractivity contribution < 1.29 is 19.1 Å². The molecule has 0 saturated carbocycles. The Hall–Kier alpha value is -2.24. The first kappa shape index (κ1) is 22.1. The first-order valence-corrected chi connectivity index (χ1v) is 10.3. The van der Waals surface area contributed by atoms with Crippen molar-refractivity contribution in [3.8, 4) is 11.5 Å². The summed E-state index contributed by atoms with van der Waals surface area (Å²) in [6.45, 7) is 6.07. The molecular formula is C22H34N2O4. The molecule has 0 atom stereocenters. The maximum Gasteiger partial charge on any atom is 0.225 e. The number of nitrogens with zero attached hydrogens (tertiary/aromatic N) is 1. The number of piperidine rings is 1. The van der Waals surface area contributed by atoms with Crippen LogP contribution in [0.4, 0.5) is 0 Å². The summed E-state index contributed by atoms with van der Waals surface area (Å²) in [6.07, 6.45) is 3.98. The van der Waals surface area contributed by atoms with E-state index in [-0.39, 0.29) is 23.7 Å². The van der Waals surface area contributed by atoms with Gasteiger partial charge in [0.25, 0.3) is 0 Å². The topological polar surface area (TPSA) is 67.9 Å². The average Bonchev–Trinajstić information content (AvgIpc) is 2.74. The van der Waals surface area contributed by atoms with Gasteiger partial charge in [0, 0.05) is 31.5 Å². The summed E-state index contributed by atoms with van der Waals surface area (Å²) in [7, 11) is 3.23. The number of rotatable bonds is 9. The van der Waals surface area contributed by atoms with Gasteiger partial charge >= 0.3 is 0 Å². The molecule has 1 aromatic rings. The van der Waals surface area contributed by atoms with Crippen molar-refractivity contribution >= 4 is 11.8 Å². The number of ether oxygens (including phenoxy) is 2. The van der Waals surface area contributed by atoms with Crippen molar-refractivity contribution in [2.24, 2.45) is 11.8 Å². The van der Waals surface area contributed by atoms with E-state index >= 15 is 0 Å². The fourth-order valence-corrected chi connectivity index (χ4v) is 3.77. The fourth-order valence-electron chi connectivity index (χ4n) is 3.77. The van der Waals surface area contributed by atoms with Crippen molar-refractivity contribution in [3.63, 3.8) is 0 Å². The molecule has 1 aliphatic rings. The van der Waals surface area contributed by atoms with Gasteiger partial charge in [-0.25, -0.2) is 0 Å². The van der Waals surface area contributed by atoms with E-state index in [9.17, 15) is 9.59 Å². The van der Waals surface area contributed by atoms with E-state index in [0.29, 0.717) is 31.1 Å². The molecule has 2 amide bonds. The molecule has 1 aromatic carbocycles. The summed E-state index contributed by atoms with van der Waals surface area (Å²) < 4.78 is 10.6. The van der Waals surface area contributed by atoms with Crippen LogP contribution >= 0.6 is 0 Å². The van der Waals surface area contributed by atoms with Gasteiger partial charge in [-0.05, 0) is 49.8 Å². The zero-order valence-corrected chi connectivity index (χ0v) is 17.6.